The van der Waals surface area contributed by atoms with Crippen LogP contribution in [0, 0.1) is 0 Å². The van der Waals surface area contributed by atoms with Crippen LogP contribution < -0.4 is 0 Å². The molecule has 0 N–H and O–H groups in total. The van der Waals surface area contributed by atoms with Crippen LogP contribution in [0.2, 0.25) is 0 Å². The van der Waals surface area contributed by atoms with Crippen molar-refractivity contribution in [3.63, 3.8) is 0 Å². The molecule has 1 aliphatic rings. The lowest BCUT2D eigenvalue weighted by Gasteiger charge is -2.08. The fraction of sp³-hybridized carbons (Fsp3) is 0.133. The van der Waals surface area contributed by atoms with E-state index in [4.69, 9.17) is 0 Å². The average molecular weight is 207 g/mol. The summed E-state index contributed by atoms with van der Waals surface area (Å²) in [5.41, 5.74) is 2.45. The molecule has 0 bridgehead atoms. The highest BCUT2D eigenvalue weighted by atomic mass is 14.7. The van der Waals surface area contributed by atoms with Gasteiger partial charge >= 0.3 is 0 Å². The molecule has 0 saturated carbocycles. The molecule has 0 atom stereocenters. The maximum atomic E-state index is 4.44. The third-order valence-corrected chi connectivity index (χ3v) is 2.97. The van der Waals surface area contributed by atoms with Crippen molar-refractivity contribution in [1.82, 2.24) is 0 Å². The van der Waals surface area contributed by atoms with Gasteiger partial charge in [-0.15, -0.1) is 0 Å². The van der Waals surface area contributed by atoms with Gasteiger partial charge in [-0.1, -0.05) is 42.5 Å². The number of hydrogen-bond acceptors (Lipinski definition) is 1. The molecule has 3 rings (SSSR count). The first-order chi connectivity index (χ1) is 7.93. The van der Waals surface area contributed by atoms with Crippen LogP contribution in [0.3, 0.4) is 0 Å². The third-order valence-electron chi connectivity index (χ3n) is 2.97. The van der Waals surface area contributed by atoms with Crippen molar-refractivity contribution in [3.8, 4) is 0 Å². The second-order valence-electron chi connectivity index (χ2n) is 4.06. The van der Waals surface area contributed by atoms with Crippen LogP contribution in [-0.4, -0.2) is 5.71 Å². The molecule has 0 saturated heterocycles. The van der Waals surface area contributed by atoms with E-state index in [1.165, 1.54) is 22.0 Å². The van der Waals surface area contributed by atoms with Crippen molar-refractivity contribution in [2.75, 3.05) is 0 Å². The first-order valence-corrected chi connectivity index (χ1v) is 5.64. The van der Waals surface area contributed by atoms with E-state index in [0.717, 1.165) is 12.8 Å². The van der Waals surface area contributed by atoms with Gasteiger partial charge in [0, 0.05) is 11.9 Å². The van der Waals surface area contributed by atoms with Gasteiger partial charge in [-0.05, 0) is 35.2 Å². The summed E-state index contributed by atoms with van der Waals surface area (Å²) < 4.78 is 0. The van der Waals surface area contributed by atoms with Gasteiger partial charge in [-0.3, -0.25) is 4.99 Å². The summed E-state index contributed by atoms with van der Waals surface area (Å²) in [5, 5.41) is 2.58. The summed E-state index contributed by atoms with van der Waals surface area (Å²) >= 11 is 0. The van der Waals surface area contributed by atoms with E-state index in [0.29, 0.717) is 0 Å². The van der Waals surface area contributed by atoms with Crippen molar-refractivity contribution in [2.24, 2.45) is 4.99 Å². The molecule has 78 valence electrons. The number of benzene rings is 2. The van der Waals surface area contributed by atoms with Crippen LogP contribution in [0.5, 0.6) is 0 Å². The van der Waals surface area contributed by atoms with Gasteiger partial charge in [0.25, 0.3) is 0 Å². The highest BCUT2D eigenvalue weighted by molar-refractivity contribution is 6.04. The second-order valence-corrected chi connectivity index (χ2v) is 4.06. The number of rotatable bonds is 1. The minimum absolute atomic E-state index is 1.05. The van der Waals surface area contributed by atoms with Crippen molar-refractivity contribution in [2.45, 2.75) is 12.8 Å². The van der Waals surface area contributed by atoms with E-state index in [9.17, 15) is 0 Å². The lowest BCUT2D eigenvalue weighted by Crippen LogP contribution is -2.02. The molecule has 0 radical (unpaired) electrons. The smallest absolute Gasteiger partial charge is 0.0479 e. The summed E-state index contributed by atoms with van der Waals surface area (Å²) in [7, 11) is 0. The molecule has 0 aliphatic carbocycles. The Kier molecular flexibility index (Phi) is 2.30. The summed E-state index contributed by atoms with van der Waals surface area (Å²) in [6.45, 7) is 0. The number of nitrogens with zero attached hydrogens (tertiary/aromatic N) is 1. The molecule has 0 amide bonds. The largest absolute Gasteiger partial charge is 0.261 e. The highest BCUT2D eigenvalue weighted by Gasteiger charge is 2.05. The predicted molar refractivity (Wildman–Crippen MR) is 68.9 cm³/mol. The zero-order valence-electron chi connectivity index (χ0n) is 9.06. The molecule has 1 nitrogen and oxygen atoms in total. The molecule has 0 fully saturated rings. The summed E-state index contributed by atoms with van der Waals surface area (Å²) in [5.74, 6) is 0. The lowest BCUT2D eigenvalue weighted by atomic mass is 10.0. The molecule has 1 aliphatic heterocycles. The fourth-order valence-electron chi connectivity index (χ4n) is 2.09. The van der Waals surface area contributed by atoms with Crippen LogP contribution in [0.1, 0.15) is 18.4 Å². The van der Waals surface area contributed by atoms with Gasteiger partial charge in [0.15, 0.2) is 0 Å². The standard InChI is InChI=1S/C15H13N/c1-2-6-13-11-14(9-8-12(13)5-1)15-7-3-4-10-16-15/h1-2,4-6,8-11H,3,7H2. The minimum atomic E-state index is 1.05. The molecule has 0 aromatic heterocycles. The van der Waals surface area contributed by atoms with Crippen LogP contribution in [-0.2, 0) is 0 Å². The molecular weight excluding hydrogens is 194 g/mol. The second kappa shape index (κ2) is 3.93. The molecule has 2 aromatic rings. The fourth-order valence-corrected chi connectivity index (χ4v) is 2.09. The van der Waals surface area contributed by atoms with Gasteiger partial charge in [0.2, 0.25) is 0 Å². The number of allylic oxidation sites excluding steroid dienone is 1. The molecule has 2 aromatic carbocycles. The normalized spacial score (nSPS) is 15.1. The Balaban J connectivity index is 2.11. The first kappa shape index (κ1) is 9.34. The molecule has 0 unspecified atom stereocenters. The van der Waals surface area contributed by atoms with Crippen molar-refractivity contribution >= 4 is 16.5 Å². The Bertz CT molecular complexity index is 579. The summed E-state index contributed by atoms with van der Waals surface area (Å²) in [6, 6.07) is 15.0. The first-order valence-electron chi connectivity index (χ1n) is 5.64. The number of aliphatic imine (C=N–C) groups is 1. The SMILES string of the molecule is C1=CN=C(c2ccc3ccccc3c2)CC1. The predicted octanol–water partition coefficient (Wildman–Crippen LogP) is 3.94. The molecule has 16 heavy (non-hydrogen) atoms. The van der Waals surface area contributed by atoms with E-state index in [1.54, 1.807) is 0 Å². The Hall–Kier alpha value is -1.89. The van der Waals surface area contributed by atoms with Gasteiger partial charge in [-0.25, -0.2) is 0 Å². The van der Waals surface area contributed by atoms with E-state index in [-0.39, 0.29) is 0 Å². The average Bonchev–Trinajstić information content (AvgIpc) is 2.39. The van der Waals surface area contributed by atoms with E-state index < -0.39 is 0 Å². The van der Waals surface area contributed by atoms with Gasteiger partial charge in [0.1, 0.15) is 0 Å². The Labute approximate surface area is 95.1 Å². The third kappa shape index (κ3) is 1.65. The summed E-state index contributed by atoms with van der Waals surface area (Å²) in [4.78, 5) is 4.44. The van der Waals surface area contributed by atoms with Gasteiger partial charge < -0.3 is 0 Å². The quantitative estimate of drug-likeness (QED) is 0.671. The van der Waals surface area contributed by atoms with E-state index >= 15 is 0 Å². The maximum Gasteiger partial charge on any atom is 0.0479 e. The molecule has 0 spiro atoms. The van der Waals surface area contributed by atoms with Crippen molar-refractivity contribution < 1.29 is 0 Å². The Morgan fingerprint density at radius 3 is 2.62 bits per heavy atom. The van der Waals surface area contributed by atoms with Gasteiger partial charge in [0.05, 0.1) is 0 Å². The molecule has 1 heteroatoms. The van der Waals surface area contributed by atoms with E-state index in [2.05, 4.69) is 53.5 Å². The maximum absolute atomic E-state index is 4.44. The molecular formula is C15H13N. The zero-order chi connectivity index (χ0) is 10.8. The van der Waals surface area contributed by atoms with Crippen LogP contribution in [0.25, 0.3) is 10.8 Å². The van der Waals surface area contributed by atoms with Gasteiger partial charge in [-0.2, -0.15) is 0 Å². The number of hydrogen-bond donors (Lipinski definition) is 0. The minimum Gasteiger partial charge on any atom is -0.261 e. The lowest BCUT2D eigenvalue weighted by molar-refractivity contribution is 1.06. The zero-order valence-corrected chi connectivity index (χ0v) is 9.06. The monoisotopic (exact) mass is 207 g/mol. The van der Waals surface area contributed by atoms with Crippen LogP contribution in [0.4, 0.5) is 0 Å². The highest BCUT2D eigenvalue weighted by Crippen LogP contribution is 2.18. The van der Waals surface area contributed by atoms with Crippen LogP contribution >= 0.6 is 0 Å². The Morgan fingerprint density at radius 2 is 1.81 bits per heavy atom. The van der Waals surface area contributed by atoms with E-state index in [1.807, 2.05) is 6.20 Å². The summed E-state index contributed by atoms with van der Waals surface area (Å²) in [6.07, 6.45) is 6.18. The van der Waals surface area contributed by atoms with Crippen molar-refractivity contribution in [1.29, 1.82) is 0 Å². The topological polar surface area (TPSA) is 12.4 Å². The Morgan fingerprint density at radius 1 is 0.938 bits per heavy atom. The van der Waals surface area contributed by atoms with Crippen molar-refractivity contribution in [3.05, 3.63) is 60.3 Å². The van der Waals surface area contributed by atoms with Crippen LogP contribution in [0.15, 0.2) is 59.7 Å². The number of fused-ring (bicyclic) bond motifs is 1. The molecule has 1 heterocycles.